The predicted octanol–water partition coefficient (Wildman–Crippen LogP) is 2.74. The van der Waals surface area contributed by atoms with Crippen LogP contribution in [0.4, 0.5) is 4.39 Å². The van der Waals surface area contributed by atoms with E-state index in [1.54, 1.807) is 6.07 Å². The zero-order valence-corrected chi connectivity index (χ0v) is 8.67. The normalized spacial score (nSPS) is 22.3. The largest absolute Gasteiger partial charge is 0.508 e. The fourth-order valence-corrected chi connectivity index (χ4v) is 2.11. The summed E-state index contributed by atoms with van der Waals surface area (Å²) in [5.74, 6) is -0.320. The molecule has 2 N–H and O–H groups in total. The Kier molecular flexibility index (Phi) is 3.21. The molecular weight excluding hydrogens is 193 g/mol. The molecule has 0 spiro atoms. The van der Waals surface area contributed by atoms with E-state index in [4.69, 9.17) is 0 Å². The topological polar surface area (TPSA) is 32.3 Å². The van der Waals surface area contributed by atoms with E-state index in [0.29, 0.717) is 0 Å². The van der Waals surface area contributed by atoms with Crippen molar-refractivity contribution in [1.82, 2.24) is 5.32 Å². The molecule has 1 aromatic rings. The van der Waals surface area contributed by atoms with Gasteiger partial charge in [0.05, 0.1) is 0 Å². The number of phenolic OH excluding ortho intramolecular Hbond substituents is 1. The summed E-state index contributed by atoms with van der Waals surface area (Å²) in [6, 6.07) is 4.44. The van der Waals surface area contributed by atoms with Crippen LogP contribution in [-0.2, 0) is 0 Å². The second-order valence-electron chi connectivity index (χ2n) is 4.06. The molecule has 1 heterocycles. The van der Waals surface area contributed by atoms with Crippen LogP contribution in [0.15, 0.2) is 18.2 Å². The monoisotopic (exact) mass is 209 g/mol. The first-order valence-electron chi connectivity index (χ1n) is 5.49. The number of rotatable bonds is 1. The Bertz CT molecular complexity index is 332. The second-order valence-corrected chi connectivity index (χ2v) is 4.06. The van der Waals surface area contributed by atoms with E-state index < -0.39 is 0 Å². The molecule has 82 valence electrons. The van der Waals surface area contributed by atoms with Crippen LogP contribution in [0.5, 0.6) is 5.75 Å². The third kappa shape index (κ3) is 2.48. The van der Waals surface area contributed by atoms with Crippen LogP contribution in [-0.4, -0.2) is 11.7 Å². The van der Waals surface area contributed by atoms with Crippen molar-refractivity contribution >= 4 is 0 Å². The number of hydrogen-bond donors (Lipinski definition) is 2. The molecule has 0 aromatic heterocycles. The number of hydrogen-bond acceptors (Lipinski definition) is 2. The second kappa shape index (κ2) is 4.62. The highest BCUT2D eigenvalue weighted by Crippen LogP contribution is 2.29. The summed E-state index contributed by atoms with van der Waals surface area (Å²) in [6.45, 7) is 0.974. The molecule has 0 bridgehead atoms. The maximum Gasteiger partial charge on any atom is 0.126 e. The molecule has 2 nitrogen and oxygen atoms in total. The quantitative estimate of drug-likeness (QED) is 0.745. The summed E-state index contributed by atoms with van der Waals surface area (Å²) in [5.41, 5.74) is 0.818. The summed E-state index contributed by atoms with van der Waals surface area (Å²) in [5, 5.41) is 13.0. The number of nitrogens with one attached hydrogen (secondary N) is 1. The van der Waals surface area contributed by atoms with E-state index in [0.717, 1.165) is 24.9 Å². The fraction of sp³-hybridized carbons (Fsp3) is 0.500. The minimum atomic E-state index is -0.384. The average molecular weight is 209 g/mol. The minimum absolute atomic E-state index is 0.0643. The van der Waals surface area contributed by atoms with Gasteiger partial charge in [0.1, 0.15) is 11.6 Å². The van der Waals surface area contributed by atoms with Crippen LogP contribution in [0, 0.1) is 5.82 Å². The van der Waals surface area contributed by atoms with Gasteiger partial charge in [-0.2, -0.15) is 0 Å². The molecule has 0 saturated carbocycles. The lowest BCUT2D eigenvalue weighted by Crippen LogP contribution is -2.20. The molecule has 1 aliphatic rings. The van der Waals surface area contributed by atoms with Crippen LogP contribution in [0.2, 0.25) is 0 Å². The zero-order chi connectivity index (χ0) is 10.7. The first-order chi connectivity index (χ1) is 7.27. The molecule has 0 amide bonds. The van der Waals surface area contributed by atoms with Gasteiger partial charge < -0.3 is 10.4 Å². The van der Waals surface area contributed by atoms with Crippen molar-refractivity contribution in [3.63, 3.8) is 0 Å². The van der Waals surface area contributed by atoms with Gasteiger partial charge in [0, 0.05) is 17.7 Å². The number of phenols is 1. The third-order valence-corrected chi connectivity index (χ3v) is 2.93. The Morgan fingerprint density at radius 1 is 1.27 bits per heavy atom. The van der Waals surface area contributed by atoms with Crippen molar-refractivity contribution < 1.29 is 9.50 Å². The summed E-state index contributed by atoms with van der Waals surface area (Å²) in [6.07, 6.45) is 4.58. The number of aromatic hydroxyl groups is 1. The molecule has 2 rings (SSSR count). The molecule has 1 saturated heterocycles. The minimum Gasteiger partial charge on any atom is -0.508 e. The smallest absolute Gasteiger partial charge is 0.126 e. The van der Waals surface area contributed by atoms with E-state index in [1.165, 1.54) is 25.0 Å². The van der Waals surface area contributed by atoms with E-state index in [9.17, 15) is 9.50 Å². The Morgan fingerprint density at radius 3 is 2.93 bits per heavy atom. The fourth-order valence-electron chi connectivity index (χ4n) is 2.11. The lowest BCUT2D eigenvalue weighted by molar-refractivity contribution is 0.439. The summed E-state index contributed by atoms with van der Waals surface area (Å²) >= 11 is 0. The van der Waals surface area contributed by atoms with Crippen LogP contribution >= 0.6 is 0 Å². The molecule has 0 aliphatic carbocycles. The van der Waals surface area contributed by atoms with Crippen molar-refractivity contribution in [3.05, 3.63) is 29.6 Å². The van der Waals surface area contributed by atoms with Gasteiger partial charge in [-0.05, 0) is 25.5 Å². The standard InChI is InChI=1S/C12H16FNO/c13-9-5-6-10(12(15)8-9)11-4-2-1-3-7-14-11/h5-6,8,11,14-15H,1-4,7H2. The highest BCUT2D eigenvalue weighted by Gasteiger charge is 2.16. The van der Waals surface area contributed by atoms with Crippen LogP contribution < -0.4 is 5.32 Å². The highest BCUT2D eigenvalue weighted by molar-refractivity contribution is 5.35. The predicted molar refractivity (Wildman–Crippen MR) is 57.3 cm³/mol. The molecule has 1 aromatic carbocycles. The van der Waals surface area contributed by atoms with Gasteiger partial charge in [-0.15, -0.1) is 0 Å². The highest BCUT2D eigenvalue weighted by atomic mass is 19.1. The van der Waals surface area contributed by atoms with Gasteiger partial charge in [-0.3, -0.25) is 0 Å². The molecule has 1 atom stereocenters. The Labute approximate surface area is 89.1 Å². The molecule has 3 heteroatoms. The maximum atomic E-state index is 12.8. The molecule has 1 unspecified atom stereocenters. The van der Waals surface area contributed by atoms with E-state index in [1.807, 2.05) is 0 Å². The number of benzene rings is 1. The summed E-state index contributed by atoms with van der Waals surface area (Å²) < 4.78 is 12.8. The Balaban J connectivity index is 2.19. The van der Waals surface area contributed by atoms with Gasteiger partial charge in [-0.1, -0.05) is 18.9 Å². The van der Waals surface area contributed by atoms with E-state index in [-0.39, 0.29) is 17.6 Å². The SMILES string of the molecule is Oc1cc(F)ccc1C1CCCCCN1. The number of halogens is 1. The van der Waals surface area contributed by atoms with Crippen molar-refractivity contribution in [3.8, 4) is 5.75 Å². The van der Waals surface area contributed by atoms with Crippen molar-refractivity contribution in [1.29, 1.82) is 0 Å². The van der Waals surface area contributed by atoms with Crippen molar-refractivity contribution in [2.24, 2.45) is 0 Å². The first-order valence-corrected chi connectivity index (χ1v) is 5.49. The van der Waals surface area contributed by atoms with Gasteiger partial charge in [-0.25, -0.2) is 4.39 Å². The van der Waals surface area contributed by atoms with Gasteiger partial charge in [0.15, 0.2) is 0 Å². The molecule has 1 aliphatic heterocycles. The third-order valence-electron chi connectivity index (χ3n) is 2.93. The zero-order valence-electron chi connectivity index (χ0n) is 8.67. The van der Waals surface area contributed by atoms with E-state index in [2.05, 4.69) is 5.32 Å². The Morgan fingerprint density at radius 2 is 2.13 bits per heavy atom. The summed E-state index contributed by atoms with van der Waals surface area (Å²) in [7, 11) is 0. The van der Waals surface area contributed by atoms with Gasteiger partial charge in [0.2, 0.25) is 0 Å². The van der Waals surface area contributed by atoms with E-state index >= 15 is 0 Å². The summed E-state index contributed by atoms with van der Waals surface area (Å²) in [4.78, 5) is 0. The van der Waals surface area contributed by atoms with Crippen molar-refractivity contribution in [2.45, 2.75) is 31.7 Å². The van der Waals surface area contributed by atoms with Crippen LogP contribution in [0.1, 0.15) is 37.3 Å². The van der Waals surface area contributed by atoms with Crippen molar-refractivity contribution in [2.75, 3.05) is 6.54 Å². The first kappa shape index (κ1) is 10.4. The average Bonchev–Trinajstić information content (AvgIpc) is 2.46. The molecule has 0 radical (unpaired) electrons. The molecule has 1 fully saturated rings. The van der Waals surface area contributed by atoms with Crippen LogP contribution in [0.25, 0.3) is 0 Å². The molecule has 15 heavy (non-hydrogen) atoms. The van der Waals surface area contributed by atoms with Gasteiger partial charge >= 0.3 is 0 Å². The lowest BCUT2D eigenvalue weighted by Gasteiger charge is -2.17. The van der Waals surface area contributed by atoms with Gasteiger partial charge in [0.25, 0.3) is 0 Å². The lowest BCUT2D eigenvalue weighted by atomic mass is 10.0. The maximum absolute atomic E-state index is 12.8. The van der Waals surface area contributed by atoms with Crippen LogP contribution in [0.3, 0.4) is 0 Å². The molecular formula is C12H16FNO. The Hall–Kier alpha value is -1.09.